The Labute approximate surface area is 182 Å². The number of nitrogens with zero attached hydrogens (tertiary/aromatic N) is 1. The van der Waals surface area contributed by atoms with E-state index >= 15 is 0 Å². The summed E-state index contributed by atoms with van der Waals surface area (Å²) in [6.07, 6.45) is -2.23. The molecule has 32 heavy (non-hydrogen) atoms. The molecule has 0 N–H and O–H groups in total. The maximum absolute atomic E-state index is 12.8. The summed E-state index contributed by atoms with van der Waals surface area (Å²) in [5.74, 6) is 2.18. The molecular weight excluding hydrogens is 488 g/mol. The summed E-state index contributed by atoms with van der Waals surface area (Å²) < 4.78 is 103. The summed E-state index contributed by atoms with van der Waals surface area (Å²) >= 11 is 0. The van der Waals surface area contributed by atoms with Crippen molar-refractivity contribution in [3.8, 4) is 11.3 Å². The zero-order chi connectivity index (χ0) is 24.3. The second kappa shape index (κ2) is 9.75. The second-order valence-electron chi connectivity index (χ2n) is 6.62. The molecule has 0 unspecified atom stereocenters. The Bertz CT molecular complexity index is 1040. The molecule has 0 radical (unpaired) electrons. The van der Waals surface area contributed by atoms with Crippen molar-refractivity contribution in [2.75, 3.05) is 30.9 Å². The van der Waals surface area contributed by atoms with Crippen molar-refractivity contribution in [2.24, 2.45) is 0 Å². The van der Waals surface area contributed by atoms with Crippen LogP contribution in [0.4, 0.5) is 26.3 Å². The van der Waals surface area contributed by atoms with Crippen LogP contribution in [0.2, 0.25) is 0 Å². The summed E-state index contributed by atoms with van der Waals surface area (Å²) in [6, 6.07) is 7.96. The number of hydrogen-bond donors (Lipinski definition) is 0. The topological polar surface area (TPSA) is 90.7 Å². The van der Waals surface area contributed by atoms with Gasteiger partial charge in [0.15, 0.2) is 15.9 Å². The van der Waals surface area contributed by atoms with E-state index in [2.05, 4.69) is 6.26 Å². The highest BCUT2D eigenvalue weighted by Gasteiger charge is 2.37. The lowest BCUT2D eigenvalue weighted by Gasteiger charge is -2.24. The molecule has 0 atom stereocenters. The van der Waals surface area contributed by atoms with Crippen molar-refractivity contribution in [3.63, 3.8) is 0 Å². The van der Waals surface area contributed by atoms with Gasteiger partial charge in [0.2, 0.25) is 0 Å². The molecular formula is C18H17F6NO5S2. The average Bonchev–Trinajstić information content (AvgIpc) is 3.17. The van der Waals surface area contributed by atoms with E-state index in [9.17, 15) is 31.1 Å². The Morgan fingerprint density at radius 1 is 1.06 bits per heavy atom. The van der Waals surface area contributed by atoms with Crippen LogP contribution in [0, 0.1) is 0 Å². The van der Waals surface area contributed by atoms with Gasteiger partial charge in [-0.3, -0.25) is 4.79 Å². The van der Waals surface area contributed by atoms with Crippen LogP contribution in [-0.4, -0.2) is 60.1 Å². The quantitative estimate of drug-likeness (QED) is 0.269. The number of hydrogen-bond acceptors (Lipinski definition) is 5. The second-order valence-corrected chi connectivity index (χ2v) is 10.4. The first kappa shape index (κ1) is 26.1. The summed E-state index contributed by atoms with van der Waals surface area (Å²) in [7, 11) is -5.74. The maximum atomic E-state index is 12.8. The van der Waals surface area contributed by atoms with E-state index in [0.717, 1.165) is 23.6 Å². The number of carbonyl (C=O) groups excluding carboxylic acids is 1. The smallest absolute Gasteiger partial charge is 0.485 e. The van der Waals surface area contributed by atoms with Crippen LogP contribution in [0.1, 0.15) is 16.1 Å². The van der Waals surface area contributed by atoms with Gasteiger partial charge in [-0.2, -0.15) is 26.3 Å². The van der Waals surface area contributed by atoms with Gasteiger partial charge in [0.1, 0.15) is 17.3 Å². The van der Waals surface area contributed by atoms with E-state index in [1.807, 2.05) is 0 Å². The molecule has 1 fully saturated rings. The zero-order valence-corrected chi connectivity index (χ0v) is 18.0. The maximum Gasteiger partial charge on any atom is 0.485 e. The van der Waals surface area contributed by atoms with E-state index < -0.39 is 27.4 Å². The normalized spacial score (nSPS) is 15.8. The van der Waals surface area contributed by atoms with Crippen molar-refractivity contribution in [2.45, 2.75) is 11.7 Å². The highest BCUT2D eigenvalue weighted by Crippen LogP contribution is 2.32. The monoisotopic (exact) mass is 505 g/mol. The molecule has 14 heteroatoms. The standard InChI is InChI=1S/C17H17F3NO2S.CHF3O3S/c1-24-9-7-21(8-10-24)16(22)15-6-5-14(23-15)12-3-2-4-13(11-12)17(18,19)20;2-1(3,4)8(5,6)7/h2-6,11H,7-10H2,1H3;(H,5,6,7)/q+1;/p-1. The van der Waals surface area contributed by atoms with Gasteiger partial charge in [0, 0.05) is 5.56 Å². The fourth-order valence-corrected chi connectivity index (χ4v) is 3.83. The molecule has 1 aromatic carbocycles. The van der Waals surface area contributed by atoms with E-state index in [1.165, 1.54) is 24.3 Å². The van der Waals surface area contributed by atoms with Crippen molar-refractivity contribution < 1.29 is 48.5 Å². The van der Waals surface area contributed by atoms with E-state index in [0.29, 0.717) is 29.5 Å². The minimum Gasteiger partial charge on any atom is -0.741 e. The van der Waals surface area contributed by atoms with Crippen LogP contribution < -0.4 is 0 Å². The summed E-state index contributed by atoms with van der Waals surface area (Å²) in [5.41, 5.74) is -6.08. The van der Waals surface area contributed by atoms with Crippen molar-refractivity contribution in [1.82, 2.24) is 4.90 Å². The molecule has 6 nitrogen and oxygen atoms in total. The average molecular weight is 505 g/mol. The van der Waals surface area contributed by atoms with Crippen molar-refractivity contribution >= 4 is 26.9 Å². The highest BCUT2D eigenvalue weighted by atomic mass is 32.2. The van der Waals surface area contributed by atoms with Gasteiger partial charge < -0.3 is 13.9 Å². The first-order valence-electron chi connectivity index (χ1n) is 8.77. The van der Waals surface area contributed by atoms with E-state index in [4.69, 9.17) is 17.4 Å². The lowest BCUT2D eigenvalue weighted by Crippen LogP contribution is -2.43. The van der Waals surface area contributed by atoms with Crippen LogP contribution in [-0.2, 0) is 27.2 Å². The van der Waals surface area contributed by atoms with Gasteiger partial charge in [-0.15, -0.1) is 0 Å². The van der Waals surface area contributed by atoms with Gasteiger partial charge in [0.05, 0.1) is 24.9 Å². The van der Waals surface area contributed by atoms with Crippen molar-refractivity contribution in [1.29, 1.82) is 0 Å². The molecule has 1 aliphatic rings. The third kappa shape index (κ3) is 6.90. The third-order valence-corrected chi connectivity index (χ3v) is 6.61. The Kier molecular flexibility index (Phi) is 7.94. The zero-order valence-electron chi connectivity index (χ0n) is 16.4. The summed E-state index contributed by atoms with van der Waals surface area (Å²) in [6.45, 7) is 1.38. The number of carbonyl (C=O) groups is 1. The van der Waals surface area contributed by atoms with Gasteiger partial charge >= 0.3 is 11.7 Å². The lowest BCUT2D eigenvalue weighted by molar-refractivity contribution is -0.137. The Morgan fingerprint density at radius 3 is 2.12 bits per heavy atom. The first-order chi connectivity index (χ1) is 14.6. The minimum atomic E-state index is -6.09. The molecule has 178 valence electrons. The number of alkyl halides is 6. The largest absolute Gasteiger partial charge is 0.741 e. The molecule has 1 aliphatic heterocycles. The third-order valence-electron chi connectivity index (χ3n) is 4.28. The molecule has 2 aromatic rings. The molecule has 1 amide bonds. The Balaban J connectivity index is 0.000000390. The van der Waals surface area contributed by atoms with Crippen LogP contribution in [0.3, 0.4) is 0 Å². The van der Waals surface area contributed by atoms with E-state index in [-0.39, 0.29) is 17.4 Å². The molecule has 1 aromatic heterocycles. The fourth-order valence-electron chi connectivity index (χ4n) is 2.56. The highest BCUT2D eigenvalue weighted by molar-refractivity contribution is 7.96. The van der Waals surface area contributed by atoms with Gasteiger partial charge in [-0.05, 0) is 35.2 Å². The van der Waals surface area contributed by atoms with Gasteiger partial charge in [-0.25, -0.2) is 8.42 Å². The van der Waals surface area contributed by atoms with Crippen LogP contribution in [0.5, 0.6) is 0 Å². The summed E-state index contributed by atoms with van der Waals surface area (Å²) in [4.78, 5) is 14.2. The lowest BCUT2D eigenvalue weighted by atomic mass is 10.1. The van der Waals surface area contributed by atoms with Crippen LogP contribution in [0.25, 0.3) is 11.3 Å². The molecule has 0 aliphatic carbocycles. The molecule has 2 heterocycles. The number of furan rings is 1. The molecule has 1 saturated heterocycles. The Hall–Kier alpha value is -2.19. The van der Waals surface area contributed by atoms with E-state index in [1.54, 1.807) is 4.90 Å². The molecule has 0 spiro atoms. The summed E-state index contributed by atoms with van der Waals surface area (Å²) in [5, 5.41) is 0. The van der Waals surface area contributed by atoms with Crippen molar-refractivity contribution in [3.05, 3.63) is 47.7 Å². The number of rotatable bonds is 2. The fraction of sp³-hybridized carbons (Fsp3) is 0.389. The van der Waals surface area contributed by atoms with Crippen LogP contribution in [0.15, 0.2) is 40.8 Å². The number of amides is 1. The number of halogens is 6. The molecule has 3 rings (SSSR count). The van der Waals surface area contributed by atoms with Crippen LogP contribution >= 0.6 is 0 Å². The molecule has 0 saturated carbocycles. The first-order valence-corrected chi connectivity index (χ1v) is 12.2. The molecule has 0 bridgehead atoms. The number of benzene rings is 1. The minimum absolute atomic E-state index is 0.167. The predicted octanol–water partition coefficient (Wildman–Crippen LogP) is 3.72. The Morgan fingerprint density at radius 2 is 1.62 bits per heavy atom. The predicted molar refractivity (Wildman–Crippen MR) is 104 cm³/mol. The van der Waals surface area contributed by atoms with Gasteiger partial charge in [-0.1, -0.05) is 12.1 Å². The van der Waals surface area contributed by atoms with Gasteiger partial charge in [0.25, 0.3) is 5.91 Å². The SMILES string of the molecule is C[S+]1CCN(C(=O)c2ccc(-c3cccc(C(F)(F)F)c3)o2)CC1.O=S(=O)([O-])C(F)(F)F.